The van der Waals surface area contributed by atoms with Crippen molar-refractivity contribution in [1.82, 2.24) is 4.31 Å². The lowest BCUT2D eigenvalue weighted by atomic mass is 9.90. The first kappa shape index (κ1) is 18.6. The van der Waals surface area contributed by atoms with E-state index >= 15 is 0 Å². The van der Waals surface area contributed by atoms with Gasteiger partial charge in [-0.05, 0) is 60.6 Å². The minimum Gasteiger partial charge on any atom is -0.326 e. The van der Waals surface area contributed by atoms with Crippen LogP contribution in [0.5, 0.6) is 0 Å². The van der Waals surface area contributed by atoms with E-state index in [1.54, 1.807) is 12.1 Å². The topological polar surface area (TPSA) is 66.5 Å². The second kappa shape index (κ2) is 7.60. The molecule has 0 spiro atoms. The van der Waals surface area contributed by atoms with Gasteiger partial charge in [0.15, 0.2) is 0 Å². The van der Waals surface area contributed by atoms with Crippen LogP contribution in [0.2, 0.25) is 0 Å². The zero-order valence-corrected chi connectivity index (χ0v) is 16.0. The van der Waals surface area contributed by atoms with Crippen molar-refractivity contribution < 1.29 is 13.2 Å². The summed E-state index contributed by atoms with van der Waals surface area (Å²) in [5.41, 5.74) is 4.21. The van der Waals surface area contributed by atoms with Crippen molar-refractivity contribution >= 4 is 21.6 Å². The Morgan fingerprint density at radius 1 is 1.04 bits per heavy atom. The smallest absolute Gasteiger partial charge is 0.242 e. The molecular weight excluding hydrogens is 348 g/mol. The van der Waals surface area contributed by atoms with Crippen molar-refractivity contribution in [2.24, 2.45) is 0 Å². The number of sulfonamides is 1. The van der Waals surface area contributed by atoms with E-state index in [9.17, 15) is 13.2 Å². The number of carbonyl (C=O) groups excluding carboxylic acids is 1. The number of amides is 1. The van der Waals surface area contributed by atoms with Crippen LogP contribution in [0.15, 0.2) is 47.4 Å². The first-order valence-corrected chi connectivity index (χ1v) is 10.2. The van der Waals surface area contributed by atoms with Gasteiger partial charge < -0.3 is 5.32 Å². The molecule has 0 heterocycles. The highest BCUT2D eigenvalue weighted by Crippen LogP contribution is 2.23. The number of nitrogens with one attached hydrogen (secondary N) is 1. The summed E-state index contributed by atoms with van der Waals surface area (Å²) in [6.45, 7) is 0. The van der Waals surface area contributed by atoms with Gasteiger partial charge in [-0.15, -0.1) is 0 Å². The number of fused-ring (bicyclic) bond motifs is 1. The van der Waals surface area contributed by atoms with E-state index < -0.39 is 10.0 Å². The zero-order chi connectivity index (χ0) is 18.7. The quantitative estimate of drug-likeness (QED) is 0.877. The lowest BCUT2D eigenvalue weighted by molar-refractivity contribution is -0.115. The fraction of sp³-hybridized carbons (Fsp3) is 0.350. The molecule has 0 saturated carbocycles. The Hall–Kier alpha value is -2.18. The summed E-state index contributed by atoms with van der Waals surface area (Å²) in [5, 5.41) is 2.80. The Kier molecular flexibility index (Phi) is 5.44. The molecule has 0 radical (unpaired) electrons. The number of hydrogen-bond acceptors (Lipinski definition) is 3. The van der Waals surface area contributed by atoms with Gasteiger partial charge in [-0.2, -0.15) is 0 Å². The monoisotopic (exact) mass is 372 g/mol. The predicted octanol–water partition coefficient (Wildman–Crippen LogP) is 3.00. The number of aryl methyl sites for hydroxylation is 2. The van der Waals surface area contributed by atoms with Gasteiger partial charge >= 0.3 is 0 Å². The van der Waals surface area contributed by atoms with Crippen molar-refractivity contribution in [3.05, 3.63) is 59.2 Å². The molecule has 2 aromatic rings. The summed E-state index contributed by atoms with van der Waals surface area (Å²) in [4.78, 5) is 12.5. The van der Waals surface area contributed by atoms with Gasteiger partial charge in [0.2, 0.25) is 15.9 Å². The third-order valence-electron chi connectivity index (χ3n) is 4.67. The van der Waals surface area contributed by atoms with Crippen molar-refractivity contribution in [2.75, 3.05) is 19.4 Å². The van der Waals surface area contributed by atoms with Crippen LogP contribution in [0.1, 0.15) is 29.5 Å². The Labute approximate surface area is 155 Å². The van der Waals surface area contributed by atoms with Gasteiger partial charge in [0, 0.05) is 19.8 Å². The second-order valence-corrected chi connectivity index (χ2v) is 9.00. The number of anilines is 1. The van der Waals surface area contributed by atoms with Crippen molar-refractivity contribution in [3.63, 3.8) is 0 Å². The highest BCUT2D eigenvalue weighted by atomic mass is 32.2. The molecule has 0 fully saturated rings. The first-order valence-electron chi connectivity index (χ1n) is 8.79. The number of rotatable bonds is 5. The normalized spacial score (nSPS) is 14.1. The van der Waals surface area contributed by atoms with Crippen LogP contribution in [0.3, 0.4) is 0 Å². The Balaban J connectivity index is 1.71. The SMILES string of the molecule is CN(C)S(=O)(=O)c1cccc(NC(=O)Cc2ccc3c(c2)CCCC3)c1. The highest BCUT2D eigenvalue weighted by molar-refractivity contribution is 7.89. The fourth-order valence-electron chi connectivity index (χ4n) is 3.23. The van der Waals surface area contributed by atoms with Crippen LogP contribution in [-0.4, -0.2) is 32.7 Å². The standard InChI is InChI=1S/C20H24N2O3S/c1-22(2)26(24,25)19-9-5-8-18(14-19)21-20(23)13-15-10-11-16-6-3-4-7-17(16)12-15/h5,8-12,14H,3-4,6-7,13H2,1-2H3,(H,21,23). The van der Waals surface area contributed by atoms with E-state index in [-0.39, 0.29) is 17.2 Å². The Bertz CT molecular complexity index is 920. The summed E-state index contributed by atoms with van der Waals surface area (Å²) in [6.07, 6.45) is 4.91. The van der Waals surface area contributed by atoms with Crippen LogP contribution in [-0.2, 0) is 34.1 Å². The maximum absolute atomic E-state index is 12.4. The highest BCUT2D eigenvalue weighted by Gasteiger charge is 2.18. The van der Waals surface area contributed by atoms with Crippen molar-refractivity contribution in [3.8, 4) is 0 Å². The molecular formula is C20H24N2O3S. The second-order valence-electron chi connectivity index (χ2n) is 6.85. The summed E-state index contributed by atoms with van der Waals surface area (Å²) < 4.78 is 25.6. The average Bonchev–Trinajstić information content (AvgIpc) is 2.61. The van der Waals surface area contributed by atoms with E-state index in [1.165, 1.54) is 50.2 Å². The van der Waals surface area contributed by atoms with Crippen LogP contribution >= 0.6 is 0 Å². The molecule has 1 aliphatic carbocycles. The minimum absolute atomic E-state index is 0.153. The Morgan fingerprint density at radius 2 is 1.77 bits per heavy atom. The van der Waals surface area contributed by atoms with E-state index in [4.69, 9.17) is 0 Å². The van der Waals surface area contributed by atoms with Crippen LogP contribution in [0, 0.1) is 0 Å². The van der Waals surface area contributed by atoms with E-state index in [2.05, 4.69) is 17.4 Å². The number of carbonyl (C=O) groups is 1. The molecule has 26 heavy (non-hydrogen) atoms. The first-order chi connectivity index (χ1) is 12.4. The van der Waals surface area contributed by atoms with Gasteiger partial charge in [-0.3, -0.25) is 4.79 Å². The van der Waals surface area contributed by atoms with Crippen LogP contribution in [0.25, 0.3) is 0 Å². The molecule has 0 bridgehead atoms. The summed E-state index contributed by atoms with van der Waals surface area (Å²) in [7, 11) is -0.557. The van der Waals surface area contributed by atoms with Crippen molar-refractivity contribution in [1.29, 1.82) is 0 Å². The zero-order valence-electron chi connectivity index (χ0n) is 15.2. The maximum atomic E-state index is 12.4. The van der Waals surface area contributed by atoms with E-state index in [0.717, 1.165) is 22.7 Å². The molecule has 0 aliphatic heterocycles. The van der Waals surface area contributed by atoms with Gasteiger partial charge in [0.1, 0.15) is 0 Å². The third kappa shape index (κ3) is 4.14. The maximum Gasteiger partial charge on any atom is 0.242 e. The average molecular weight is 372 g/mol. The molecule has 0 atom stereocenters. The number of hydrogen-bond donors (Lipinski definition) is 1. The molecule has 1 N–H and O–H groups in total. The van der Waals surface area contributed by atoms with Crippen LogP contribution in [0.4, 0.5) is 5.69 Å². The molecule has 0 saturated heterocycles. The lowest BCUT2D eigenvalue weighted by Gasteiger charge is -2.16. The van der Waals surface area contributed by atoms with Gasteiger partial charge in [-0.1, -0.05) is 24.3 Å². The fourth-order valence-corrected chi connectivity index (χ4v) is 4.18. The summed E-state index contributed by atoms with van der Waals surface area (Å²) >= 11 is 0. The van der Waals surface area contributed by atoms with Gasteiger partial charge in [-0.25, -0.2) is 12.7 Å². The molecule has 1 amide bonds. The molecule has 1 aliphatic rings. The molecule has 0 aromatic heterocycles. The lowest BCUT2D eigenvalue weighted by Crippen LogP contribution is -2.22. The van der Waals surface area contributed by atoms with Crippen molar-refractivity contribution in [2.45, 2.75) is 37.0 Å². The van der Waals surface area contributed by atoms with Gasteiger partial charge in [0.05, 0.1) is 11.3 Å². The summed E-state index contributed by atoms with van der Waals surface area (Å²) in [6, 6.07) is 12.6. The van der Waals surface area contributed by atoms with E-state index in [1.807, 2.05) is 6.07 Å². The molecule has 5 nitrogen and oxygen atoms in total. The summed E-state index contributed by atoms with van der Waals surface area (Å²) in [5.74, 6) is -0.153. The molecule has 2 aromatic carbocycles. The Morgan fingerprint density at radius 3 is 2.50 bits per heavy atom. The van der Waals surface area contributed by atoms with Crippen LogP contribution < -0.4 is 5.32 Å². The predicted molar refractivity (Wildman–Crippen MR) is 103 cm³/mol. The number of benzene rings is 2. The van der Waals surface area contributed by atoms with E-state index in [0.29, 0.717) is 5.69 Å². The molecule has 0 unspecified atom stereocenters. The molecule has 138 valence electrons. The van der Waals surface area contributed by atoms with Gasteiger partial charge in [0.25, 0.3) is 0 Å². The molecule has 6 heteroatoms. The largest absolute Gasteiger partial charge is 0.326 e. The third-order valence-corrected chi connectivity index (χ3v) is 6.49. The number of nitrogens with zero attached hydrogens (tertiary/aromatic N) is 1. The molecule has 3 rings (SSSR count). The minimum atomic E-state index is -3.52.